The molecular formula is C12H10Cl2N2O. The highest BCUT2D eigenvalue weighted by Gasteiger charge is 2.12. The third-order valence-electron chi connectivity index (χ3n) is 2.47. The summed E-state index contributed by atoms with van der Waals surface area (Å²) in [4.78, 5) is 15.9. The lowest BCUT2D eigenvalue weighted by Crippen LogP contribution is -2.08. The predicted octanol–water partition coefficient (Wildman–Crippen LogP) is 3.15. The number of aromatic nitrogens is 2. The molecular weight excluding hydrogens is 259 g/mol. The van der Waals surface area contributed by atoms with Gasteiger partial charge in [0.15, 0.2) is 5.78 Å². The zero-order valence-electron chi connectivity index (χ0n) is 9.15. The summed E-state index contributed by atoms with van der Waals surface area (Å²) in [7, 11) is 1.78. The quantitative estimate of drug-likeness (QED) is 0.802. The number of rotatable bonds is 3. The first kappa shape index (κ1) is 12.1. The molecule has 0 atom stereocenters. The van der Waals surface area contributed by atoms with Crippen LogP contribution >= 0.6 is 23.2 Å². The maximum atomic E-state index is 12.0. The van der Waals surface area contributed by atoms with E-state index in [1.54, 1.807) is 42.3 Å². The molecule has 0 bridgehead atoms. The van der Waals surface area contributed by atoms with Crippen LogP contribution in [0.25, 0.3) is 0 Å². The van der Waals surface area contributed by atoms with Crippen LogP contribution in [0.5, 0.6) is 0 Å². The van der Waals surface area contributed by atoms with Crippen LogP contribution in [0.3, 0.4) is 0 Å². The summed E-state index contributed by atoms with van der Waals surface area (Å²) >= 11 is 11.8. The van der Waals surface area contributed by atoms with E-state index in [9.17, 15) is 4.79 Å². The topological polar surface area (TPSA) is 34.9 Å². The number of ketones is 1. The van der Waals surface area contributed by atoms with Crippen LogP contribution in [0.1, 0.15) is 16.1 Å². The molecule has 0 unspecified atom stereocenters. The van der Waals surface area contributed by atoms with Gasteiger partial charge in [0.1, 0.15) is 5.69 Å². The molecule has 0 N–H and O–H groups in total. The Labute approximate surface area is 109 Å². The summed E-state index contributed by atoms with van der Waals surface area (Å²) in [6.07, 6.45) is 3.39. The van der Waals surface area contributed by atoms with E-state index in [2.05, 4.69) is 4.98 Å². The van der Waals surface area contributed by atoms with Gasteiger partial charge in [0, 0.05) is 23.5 Å². The fraction of sp³-hybridized carbons (Fsp3) is 0.167. The van der Waals surface area contributed by atoms with E-state index in [-0.39, 0.29) is 12.2 Å². The van der Waals surface area contributed by atoms with Gasteiger partial charge in [0.05, 0.1) is 12.5 Å². The third kappa shape index (κ3) is 2.68. The van der Waals surface area contributed by atoms with Gasteiger partial charge in [0.2, 0.25) is 0 Å². The zero-order valence-corrected chi connectivity index (χ0v) is 10.7. The first-order chi connectivity index (χ1) is 8.08. The summed E-state index contributed by atoms with van der Waals surface area (Å²) < 4.78 is 1.69. The Bertz CT molecular complexity index is 563. The molecule has 2 aromatic rings. The number of nitrogens with zero attached hydrogens (tertiary/aromatic N) is 2. The summed E-state index contributed by atoms with van der Waals surface area (Å²) in [6, 6.07) is 5.12. The summed E-state index contributed by atoms with van der Waals surface area (Å²) in [6.45, 7) is 0. The van der Waals surface area contributed by atoms with Gasteiger partial charge >= 0.3 is 0 Å². The molecule has 1 aromatic heterocycles. The molecule has 0 radical (unpaired) electrons. The van der Waals surface area contributed by atoms with Gasteiger partial charge in [-0.3, -0.25) is 4.79 Å². The number of Topliss-reactive ketones (excluding diaryl/α,β-unsaturated/α-hetero) is 1. The molecule has 1 aromatic carbocycles. The van der Waals surface area contributed by atoms with Crippen molar-refractivity contribution in [2.75, 3.05) is 0 Å². The lowest BCUT2D eigenvalue weighted by Gasteiger charge is -2.04. The predicted molar refractivity (Wildman–Crippen MR) is 67.7 cm³/mol. The van der Waals surface area contributed by atoms with Crippen molar-refractivity contribution in [1.82, 2.24) is 9.55 Å². The van der Waals surface area contributed by atoms with Crippen molar-refractivity contribution in [3.05, 3.63) is 52.0 Å². The van der Waals surface area contributed by atoms with Crippen LogP contribution < -0.4 is 0 Å². The fourth-order valence-electron chi connectivity index (χ4n) is 1.55. The number of hydrogen-bond acceptors (Lipinski definition) is 2. The lowest BCUT2D eigenvalue weighted by atomic mass is 10.1. The summed E-state index contributed by atoms with van der Waals surface area (Å²) in [5.41, 5.74) is 1.33. The van der Waals surface area contributed by atoms with Gasteiger partial charge in [-0.05, 0) is 17.7 Å². The molecule has 5 heteroatoms. The maximum Gasteiger partial charge on any atom is 0.185 e. The Morgan fingerprint density at radius 2 is 2.18 bits per heavy atom. The largest absolute Gasteiger partial charge is 0.331 e. The maximum absolute atomic E-state index is 12.0. The van der Waals surface area contributed by atoms with Gasteiger partial charge in [-0.15, -0.1) is 0 Å². The Balaban J connectivity index is 2.22. The number of benzene rings is 1. The van der Waals surface area contributed by atoms with Crippen molar-refractivity contribution in [2.24, 2.45) is 7.05 Å². The van der Waals surface area contributed by atoms with E-state index in [0.717, 1.165) is 5.56 Å². The van der Waals surface area contributed by atoms with Gasteiger partial charge in [-0.1, -0.05) is 29.3 Å². The Morgan fingerprint density at radius 3 is 2.76 bits per heavy atom. The van der Waals surface area contributed by atoms with Crippen LogP contribution in [0.4, 0.5) is 0 Å². The molecule has 0 aliphatic rings. The van der Waals surface area contributed by atoms with Crippen LogP contribution in [0.2, 0.25) is 10.0 Å². The first-order valence-corrected chi connectivity index (χ1v) is 5.77. The standard InChI is InChI=1S/C12H10Cl2N2O/c1-16-7-15-6-11(16)12(17)4-8-2-3-9(13)5-10(8)14/h2-3,5-7H,4H2,1H3. The molecule has 0 fully saturated rings. The molecule has 0 saturated carbocycles. The number of hydrogen-bond donors (Lipinski definition) is 0. The third-order valence-corrected chi connectivity index (χ3v) is 3.06. The lowest BCUT2D eigenvalue weighted by molar-refractivity contribution is 0.0985. The number of imidazole rings is 1. The van der Waals surface area contributed by atoms with E-state index in [1.807, 2.05) is 0 Å². The molecule has 3 nitrogen and oxygen atoms in total. The van der Waals surface area contributed by atoms with Crippen molar-refractivity contribution in [2.45, 2.75) is 6.42 Å². The number of carbonyl (C=O) groups is 1. The minimum atomic E-state index is -0.0192. The molecule has 1 heterocycles. The van der Waals surface area contributed by atoms with Crippen LogP contribution in [-0.4, -0.2) is 15.3 Å². The average Bonchev–Trinajstić information content (AvgIpc) is 2.68. The van der Waals surface area contributed by atoms with Crippen molar-refractivity contribution >= 4 is 29.0 Å². The Kier molecular flexibility index (Phi) is 3.50. The van der Waals surface area contributed by atoms with Crippen LogP contribution in [0.15, 0.2) is 30.7 Å². The number of carbonyl (C=O) groups excluding carboxylic acids is 1. The van der Waals surface area contributed by atoms with Crippen molar-refractivity contribution in [3.63, 3.8) is 0 Å². The smallest absolute Gasteiger partial charge is 0.185 e. The van der Waals surface area contributed by atoms with Crippen LogP contribution in [0, 0.1) is 0 Å². The molecule has 0 aliphatic carbocycles. The minimum absolute atomic E-state index is 0.0192. The average molecular weight is 269 g/mol. The van der Waals surface area contributed by atoms with Gasteiger partial charge < -0.3 is 4.57 Å². The minimum Gasteiger partial charge on any atom is -0.331 e. The SMILES string of the molecule is Cn1cncc1C(=O)Cc1ccc(Cl)cc1Cl. The number of aryl methyl sites for hydroxylation is 1. The van der Waals surface area contributed by atoms with Gasteiger partial charge in [0.25, 0.3) is 0 Å². The second kappa shape index (κ2) is 4.90. The molecule has 0 spiro atoms. The fourth-order valence-corrected chi connectivity index (χ4v) is 2.03. The van der Waals surface area contributed by atoms with E-state index in [4.69, 9.17) is 23.2 Å². The summed E-state index contributed by atoms with van der Waals surface area (Å²) in [5.74, 6) is -0.0192. The molecule has 0 amide bonds. The van der Waals surface area contributed by atoms with E-state index < -0.39 is 0 Å². The van der Waals surface area contributed by atoms with Gasteiger partial charge in [-0.2, -0.15) is 0 Å². The van der Waals surface area contributed by atoms with E-state index in [0.29, 0.717) is 15.7 Å². The highest BCUT2D eigenvalue weighted by atomic mass is 35.5. The van der Waals surface area contributed by atoms with Crippen molar-refractivity contribution in [1.29, 1.82) is 0 Å². The Hall–Kier alpha value is -1.32. The second-order valence-corrected chi connectivity index (χ2v) is 4.57. The monoisotopic (exact) mass is 268 g/mol. The van der Waals surface area contributed by atoms with Gasteiger partial charge in [-0.25, -0.2) is 4.98 Å². The summed E-state index contributed by atoms with van der Waals surface area (Å²) in [5, 5.41) is 1.07. The highest BCUT2D eigenvalue weighted by molar-refractivity contribution is 6.35. The van der Waals surface area contributed by atoms with Crippen LogP contribution in [-0.2, 0) is 13.5 Å². The second-order valence-electron chi connectivity index (χ2n) is 3.73. The molecule has 2 rings (SSSR count). The van der Waals surface area contributed by atoms with Crippen molar-refractivity contribution in [3.8, 4) is 0 Å². The zero-order chi connectivity index (χ0) is 12.4. The number of halogens is 2. The first-order valence-electron chi connectivity index (χ1n) is 5.01. The van der Waals surface area contributed by atoms with E-state index in [1.165, 1.54) is 0 Å². The van der Waals surface area contributed by atoms with Crippen molar-refractivity contribution < 1.29 is 4.79 Å². The van der Waals surface area contributed by atoms with E-state index >= 15 is 0 Å². The molecule has 0 saturated heterocycles. The highest BCUT2D eigenvalue weighted by Crippen LogP contribution is 2.22. The normalized spacial score (nSPS) is 10.5. The molecule has 17 heavy (non-hydrogen) atoms. The molecule has 88 valence electrons. The molecule has 0 aliphatic heterocycles. The Morgan fingerprint density at radius 1 is 1.41 bits per heavy atom.